The minimum atomic E-state index is -0.136. The van der Waals surface area contributed by atoms with Crippen molar-refractivity contribution in [1.29, 1.82) is 0 Å². The second-order valence-electron chi connectivity index (χ2n) is 11.1. The number of hydrogen-bond acceptors (Lipinski definition) is 4. The van der Waals surface area contributed by atoms with E-state index in [-0.39, 0.29) is 18.1 Å². The van der Waals surface area contributed by atoms with Crippen molar-refractivity contribution in [1.82, 2.24) is 25.4 Å². The summed E-state index contributed by atoms with van der Waals surface area (Å²) in [5.41, 5.74) is 3.11. The van der Waals surface area contributed by atoms with E-state index in [1.165, 1.54) is 30.4 Å². The molecule has 0 aliphatic heterocycles. The van der Waals surface area contributed by atoms with Gasteiger partial charge in [0, 0.05) is 16.3 Å². The van der Waals surface area contributed by atoms with E-state index in [1.807, 2.05) is 22.8 Å². The second kappa shape index (κ2) is 10.2. The number of aromatic nitrogens is 3. The Labute approximate surface area is 231 Å². The molecule has 4 aliphatic rings. The zero-order valence-corrected chi connectivity index (χ0v) is 23.2. The summed E-state index contributed by atoms with van der Waals surface area (Å²) in [6, 6.07) is 13.5. The van der Waals surface area contributed by atoms with Crippen LogP contribution in [-0.4, -0.2) is 26.3 Å². The van der Waals surface area contributed by atoms with E-state index in [4.69, 9.17) is 23.2 Å². The third kappa shape index (κ3) is 5.23. The van der Waals surface area contributed by atoms with Gasteiger partial charge in [-0.15, -0.1) is 10.2 Å². The van der Waals surface area contributed by atoms with Crippen molar-refractivity contribution in [2.24, 2.45) is 17.8 Å². The minimum Gasteiger partial charge on any atom is -0.333 e. The molecular formula is C28H31Cl2N5OS. The third-order valence-corrected chi connectivity index (χ3v) is 9.82. The Hall–Kier alpha value is -2.22. The summed E-state index contributed by atoms with van der Waals surface area (Å²) in [6.07, 6.45) is 7.36. The molecular weight excluding hydrogens is 525 g/mol. The molecule has 0 radical (unpaired) electrons. The zero-order chi connectivity index (χ0) is 25.6. The number of carbonyl (C=O) groups excluding carboxylic acids is 1. The first-order valence-electron chi connectivity index (χ1n) is 13.0. The fraction of sp³-hybridized carbons (Fsp3) is 0.464. The number of aryl methyl sites for hydroxylation is 1. The molecule has 4 fully saturated rings. The van der Waals surface area contributed by atoms with Crippen molar-refractivity contribution in [3.63, 3.8) is 0 Å². The molecule has 0 spiro atoms. The Morgan fingerprint density at radius 3 is 2.46 bits per heavy atom. The summed E-state index contributed by atoms with van der Waals surface area (Å²) in [7, 11) is 0. The van der Waals surface area contributed by atoms with Crippen LogP contribution in [0.1, 0.15) is 55.5 Å². The number of urea groups is 1. The lowest BCUT2D eigenvalue weighted by molar-refractivity contribution is -0.0135. The van der Waals surface area contributed by atoms with Crippen LogP contribution in [0.25, 0.3) is 5.69 Å². The zero-order valence-electron chi connectivity index (χ0n) is 20.8. The number of halogens is 2. The van der Waals surface area contributed by atoms with Crippen LogP contribution in [-0.2, 0) is 12.3 Å². The standard InChI is InChI=1S/C28H31Cl2N5OS/c1-17-4-2-3-5-21(17)16-37-27-34-33-25(35(27)24-11-22(29)6-7-23(24)30)15-31-26(36)32-28-12-18-8-19(13-28)10-20(9-18)14-28/h2-7,11,18-20H,8-10,12-16H2,1H3,(H2,31,32,36). The van der Waals surface area contributed by atoms with Crippen LogP contribution in [0, 0.1) is 24.7 Å². The highest BCUT2D eigenvalue weighted by Gasteiger charge is 2.51. The first kappa shape index (κ1) is 25.1. The van der Waals surface area contributed by atoms with E-state index < -0.39 is 0 Å². The van der Waals surface area contributed by atoms with Crippen molar-refractivity contribution in [2.75, 3.05) is 0 Å². The van der Waals surface area contributed by atoms with Crippen LogP contribution < -0.4 is 10.6 Å². The number of thioether (sulfide) groups is 1. The van der Waals surface area contributed by atoms with Crippen LogP contribution in [0.2, 0.25) is 10.0 Å². The monoisotopic (exact) mass is 555 g/mol. The van der Waals surface area contributed by atoms with Gasteiger partial charge in [0.05, 0.1) is 17.3 Å². The van der Waals surface area contributed by atoms with Gasteiger partial charge in [-0.25, -0.2) is 4.79 Å². The summed E-state index contributed by atoms with van der Waals surface area (Å²) in [6.45, 7) is 2.34. The SMILES string of the molecule is Cc1ccccc1CSc1nnc(CNC(=O)NC23CC4CC(CC(C4)C2)C3)n1-c1cc(Cl)ccc1Cl. The maximum absolute atomic E-state index is 13.1. The summed E-state index contributed by atoms with van der Waals surface area (Å²) in [5, 5.41) is 17.2. The number of carbonyl (C=O) groups is 1. The smallest absolute Gasteiger partial charge is 0.315 e. The first-order chi connectivity index (χ1) is 17.9. The molecule has 1 aromatic heterocycles. The molecule has 0 atom stereocenters. The molecule has 7 rings (SSSR count). The second-order valence-corrected chi connectivity index (χ2v) is 12.8. The van der Waals surface area contributed by atoms with Crippen LogP contribution in [0.15, 0.2) is 47.6 Å². The van der Waals surface area contributed by atoms with Gasteiger partial charge in [0.25, 0.3) is 0 Å². The maximum atomic E-state index is 13.1. The molecule has 6 nitrogen and oxygen atoms in total. The average Bonchev–Trinajstić information content (AvgIpc) is 3.25. The molecule has 37 heavy (non-hydrogen) atoms. The lowest BCUT2D eigenvalue weighted by atomic mass is 9.53. The molecule has 3 aromatic rings. The predicted octanol–water partition coefficient (Wildman–Crippen LogP) is 6.94. The first-order valence-corrected chi connectivity index (χ1v) is 14.7. The third-order valence-electron chi connectivity index (χ3n) is 8.29. The lowest BCUT2D eigenvalue weighted by Gasteiger charge is -2.56. The molecule has 194 valence electrons. The van der Waals surface area contributed by atoms with Gasteiger partial charge in [0.2, 0.25) is 0 Å². The molecule has 9 heteroatoms. The average molecular weight is 557 g/mol. The minimum absolute atomic E-state index is 0.0443. The molecule has 1 heterocycles. The summed E-state index contributed by atoms with van der Waals surface area (Å²) in [5.74, 6) is 3.66. The van der Waals surface area contributed by atoms with Crippen LogP contribution in [0.4, 0.5) is 4.79 Å². The molecule has 4 saturated carbocycles. The van der Waals surface area contributed by atoms with Gasteiger partial charge in [-0.05, 0) is 92.5 Å². The summed E-state index contributed by atoms with van der Waals surface area (Å²) >= 11 is 14.5. The number of amides is 2. The largest absolute Gasteiger partial charge is 0.333 e. The predicted molar refractivity (Wildman–Crippen MR) is 148 cm³/mol. The highest BCUT2D eigenvalue weighted by Crippen LogP contribution is 2.55. The molecule has 2 aromatic carbocycles. The topological polar surface area (TPSA) is 71.8 Å². The Kier molecular flexibility index (Phi) is 6.88. The van der Waals surface area contributed by atoms with E-state index in [1.54, 1.807) is 23.9 Å². The van der Waals surface area contributed by atoms with Gasteiger partial charge in [-0.3, -0.25) is 4.57 Å². The fourth-order valence-corrected chi connectivity index (χ4v) is 8.44. The highest BCUT2D eigenvalue weighted by atomic mass is 35.5. The number of nitrogens with one attached hydrogen (secondary N) is 2. The van der Waals surface area contributed by atoms with Crippen molar-refractivity contribution >= 4 is 41.0 Å². The number of hydrogen-bond donors (Lipinski definition) is 2. The highest BCUT2D eigenvalue weighted by molar-refractivity contribution is 7.98. The number of nitrogens with zero attached hydrogens (tertiary/aromatic N) is 3. The fourth-order valence-electron chi connectivity index (χ4n) is 7.03. The van der Waals surface area contributed by atoms with Gasteiger partial charge in [0.15, 0.2) is 11.0 Å². The van der Waals surface area contributed by atoms with E-state index in [9.17, 15) is 4.79 Å². The maximum Gasteiger partial charge on any atom is 0.315 e. The van der Waals surface area contributed by atoms with Gasteiger partial charge >= 0.3 is 6.03 Å². The van der Waals surface area contributed by atoms with E-state index in [0.717, 1.165) is 42.8 Å². The molecule has 2 amide bonds. The summed E-state index contributed by atoms with van der Waals surface area (Å²) in [4.78, 5) is 13.1. The van der Waals surface area contributed by atoms with E-state index in [2.05, 4.69) is 39.9 Å². The number of rotatable bonds is 7. The van der Waals surface area contributed by atoms with Gasteiger partial charge < -0.3 is 10.6 Å². The quantitative estimate of drug-likeness (QED) is 0.309. The Morgan fingerprint density at radius 2 is 1.76 bits per heavy atom. The van der Waals surface area contributed by atoms with Crippen LogP contribution in [0.3, 0.4) is 0 Å². The summed E-state index contributed by atoms with van der Waals surface area (Å²) < 4.78 is 1.90. The molecule has 4 bridgehead atoms. The van der Waals surface area contributed by atoms with Gasteiger partial charge in [-0.1, -0.05) is 59.2 Å². The van der Waals surface area contributed by atoms with Crippen molar-refractivity contribution in [3.8, 4) is 5.69 Å². The van der Waals surface area contributed by atoms with Gasteiger partial charge in [-0.2, -0.15) is 0 Å². The van der Waals surface area contributed by atoms with Crippen molar-refractivity contribution in [2.45, 2.75) is 68.4 Å². The Morgan fingerprint density at radius 1 is 1.05 bits per heavy atom. The molecule has 4 aliphatic carbocycles. The number of benzene rings is 2. The normalized spacial score (nSPS) is 25.9. The van der Waals surface area contributed by atoms with Crippen molar-refractivity contribution < 1.29 is 4.79 Å². The molecule has 2 N–H and O–H groups in total. The van der Waals surface area contributed by atoms with Crippen LogP contribution >= 0.6 is 35.0 Å². The van der Waals surface area contributed by atoms with E-state index in [0.29, 0.717) is 26.7 Å². The van der Waals surface area contributed by atoms with Crippen molar-refractivity contribution in [3.05, 3.63) is 69.5 Å². The lowest BCUT2D eigenvalue weighted by Crippen LogP contribution is -2.61. The Balaban J connectivity index is 1.20. The Bertz CT molecular complexity index is 1290. The van der Waals surface area contributed by atoms with Crippen LogP contribution in [0.5, 0.6) is 0 Å². The van der Waals surface area contributed by atoms with Gasteiger partial charge in [0.1, 0.15) is 0 Å². The molecule has 0 saturated heterocycles. The van der Waals surface area contributed by atoms with E-state index >= 15 is 0 Å². The molecule has 0 unspecified atom stereocenters.